The van der Waals surface area contributed by atoms with Crippen LogP contribution in [0, 0.1) is 10.1 Å². The summed E-state index contributed by atoms with van der Waals surface area (Å²) in [6.45, 7) is -0.539. The van der Waals surface area contributed by atoms with Crippen LogP contribution in [0.3, 0.4) is 0 Å². The highest BCUT2D eigenvalue weighted by molar-refractivity contribution is 7.08. The van der Waals surface area contributed by atoms with Gasteiger partial charge < -0.3 is 5.11 Å². The molecule has 0 aliphatic rings. The molecule has 0 spiro atoms. The van der Waals surface area contributed by atoms with Crippen LogP contribution in [0.5, 0.6) is 0 Å². The summed E-state index contributed by atoms with van der Waals surface area (Å²) >= 11 is 1.45. The van der Waals surface area contributed by atoms with E-state index in [4.69, 9.17) is 5.11 Å². The SMILES string of the molecule is O=[N+]([O-])/C(=C/c1ccsc1)CO. The summed E-state index contributed by atoms with van der Waals surface area (Å²) in [4.78, 5) is 9.65. The number of thiophene rings is 1. The van der Waals surface area contributed by atoms with Gasteiger partial charge in [0.25, 0.3) is 5.70 Å². The molecule has 5 heteroatoms. The highest BCUT2D eigenvalue weighted by Crippen LogP contribution is 2.10. The van der Waals surface area contributed by atoms with Gasteiger partial charge in [0, 0.05) is 6.08 Å². The quantitative estimate of drug-likeness (QED) is 0.571. The molecule has 0 saturated heterocycles. The molecule has 0 aromatic carbocycles. The monoisotopic (exact) mass is 185 g/mol. The van der Waals surface area contributed by atoms with Crippen LogP contribution in [0.25, 0.3) is 6.08 Å². The lowest BCUT2D eigenvalue weighted by molar-refractivity contribution is -0.428. The van der Waals surface area contributed by atoms with Crippen molar-refractivity contribution in [1.29, 1.82) is 0 Å². The van der Waals surface area contributed by atoms with Crippen molar-refractivity contribution in [2.75, 3.05) is 6.61 Å². The van der Waals surface area contributed by atoms with Gasteiger partial charge in [-0.05, 0) is 22.4 Å². The van der Waals surface area contributed by atoms with Crippen molar-refractivity contribution in [3.8, 4) is 0 Å². The van der Waals surface area contributed by atoms with E-state index in [1.54, 1.807) is 11.4 Å². The maximum Gasteiger partial charge on any atom is 0.272 e. The predicted molar refractivity (Wildman–Crippen MR) is 46.4 cm³/mol. The van der Waals surface area contributed by atoms with E-state index in [9.17, 15) is 10.1 Å². The summed E-state index contributed by atoms with van der Waals surface area (Å²) < 4.78 is 0. The third-order valence-corrected chi connectivity index (χ3v) is 1.97. The third-order valence-electron chi connectivity index (χ3n) is 1.27. The van der Waals surface area contributed by atoms with Gasteiger partial charge in [-0.25, -0.2) is 0 Å². The highest BCUT2D eigenvalue weighted by atomic mass is 32.1. The van der Waals surface area contributed by atoms with Gasteiger partial charge in [-0.3, -0.25) is 10.1 Å². The van der Waals surface area contributed by atoms with Gasteiger partial charge in [-0.15, -0.1) is 0 Å². The van der Waals surface area contributed by atoms with Crippen LogP contribution in [0.1, 0.15) is 5.56 Å². The number of rotatable bonds is 3. The van der Waals surface area contributed by atoms with E-state index in [0.717, 1.165) is 5.56 Å². The average Bonchev–Trinajstić information content (AvgIpc) is 2.51. The first-order chi connectivity index (χ1) is 5.74. The number of nitro groups is 1. The van der Waals surface area contributed by atoms with Crippen molar-refractivity contribution in [1.82, 2.24) is 0 Å². The number of hydrogen-bond donors (Lipinski definition) is 1. The zero-order valence-electron chi connectivity index (χ0n) is 6.14. The zero-order valence-corrected chi connectivity index (χ0v) is 6.95. The number of aliphatic hydroxyl groups is 1. The van der Waals surface area contributed by atoms with Gasteiger partial charge in [-0.2, -0.15) is 11.3 Å². The molecule has 1 rings (SSSR count). The van der Waals surface area contributed by atoms with Crippen molar-refractivity contribution >= 4 is 17.4 Å². The first kappa shape index (κ1) is 8.89. The largest absolute Gasteiger partial charge is 0.385 e. The van der Waals surface area contributed by atoms with Crippen molar-refractivity contribution < 1.29 is 10.0 Å². The third kappa shape index (κ3) is 2.14. The maximum absolute atomic E-state index is 10.2. The van der Waals surface area contributed by atoms with Gasteiger partial charge in [-0.1, -0.05) is 0 Å². The first-order valence-corrected chi connectivity index (χ1v) is 4.16. The Balaban J connectivity index is 2.85. The van der Waals surface area contributed by atoms with Gasteiger partial charge in [0.05, 0.1) is 4.92 Å². The molecule has 0 saturated carbocycles. The summed E-state index contributed by atoms with van der Waals surface area (Å²) in [5.41, 5.74) is 0.564. The highest BCUT2D eigenvalue weighted by Gasteiger charge is 2.07. The van der Waals surface area contributed by atoms with Crippen LogP contribution >= 0.6 is 11.3 Å². The smallest absolute Gasteiger partial charge is 0.272 e. The fourth-order valence-corrected chi connectivity index (χ4v) is 1.32. The van der Waals surface area contributed by atoms with E-state index in [1.807, 2.05) is 5.38 Å². The molecular formula is C7H7NO3S. The van der Waals surface area contributed by atoms with Crippen molar-refractivity contribution in [2.24, 2.45) is 0 Å². The molecule has 0 radical (unpaired) electrons. The van der Waals surface area contributed by atoms with E-state index in [2.05, 4.69) is 0 Å². The van der Waals surface area contributed by atoms with E-state index >= 15 is 0 Å². The lowest BCUT2D eigenvalue weighted by Crippen LogP contribution is -2.02. The van der Waals surface area contributed by atoms with E-state index < -0.39 is 11.5 Å². The minimum absolute atomic E-state index is 0.187. The van der Waals surface area contributed by atoms with Crippen LogP contribution in [0.15, 0.2) is 22.5 Å². The summed E-state index contributed by atoms with van der Waals surface area (Å²) in [5.74, 6) is 0. The Morgan fingerprint density at radius 2 is 2.58 bits per heavy atom. The summed E-state index contributed by atoms with van der Waals surface area (Å²) in [6.07, 6.45) is 1.36. The fourth-order valence-electron chi connectivity index (χ4n) is 0.706. The molecule has 0 bridgehead atoms. The van der Waals surface area contributed by atoms with Crippen LogP contribution < -0.4 is 0 Å². The Labute approximate surface area is 72.9 Å². The second kappa shape index (κ2) is 3.99. The van der Waals surface area contributed by atoms with Gasteiger partial charge in [0.1, 0.15) is 6.61 Å². The maximum atomic E-state index is 10.2. The second-order valence-corrected chi connectivity index (χ2v) is 2.89. The Kier molecular flexibility index (Phi) is 2.95. The van der Waals surface area contributed by atoms with Gasteiger partial charge in [0.2, 0.25) is 0 Å². The summed E-state index contributed by atoms with van der Waals surface area (Å²) in [7, 11) is 0. The lowest BCUT2D eigenvalue weighted by atomic mass is 10.3. The molecule has 1 aromatic heterocycles. The molecule has 0 fully saturated rings. The van der Waals surface area contributed by atoms with Crippen molar-refractivity contribution in [2.45, 2.75) is 0 Å². The van der Waals surface area contributed by atoms with Crippen LogP contribution in [0.4, 0.5) is 0 Å². The molecule has 1 aromatic rings. The fraction of sp³-hybridized carbons (Fsp3) is 0.143. The second-order valence-electron chi connectivity index (χ2n) is 2.11. The first-order valence-electron chi connectivity index (χ1n) is 3.22. The molecule has 64 valence electrons. The normalized spacial score (nSPS) is 11.6. The lowest BCUT2D eigenvalue weighted by Gasteiger charge is -1.90. The van der Waals surface area contributed by atoms with E-state index in [-0.39, 0.29) is 5.70 Å². The molecule has 1 heterocycles. The summed E-state index contributed by atoms with van der Waals surface area (Å²) in [6, 6.07) is 1.75. The topological polar surface area (TPSA) is 63.4 Å². The molecule has 4 nitrogen and oxygen atoms in total. The Morgan fingerprint density at radius 1 is 1.83 bits per heavy atom. The van der Waals surface area contributed by atoms with Crippen LogP contribution in [-0.4, -0.2) is 16.6 Å². The Hall–Kier alpha value is -1.20. The molecule has 0 unspecified atom stereocenters. The number of nitrogens with zero attached hydrogens (tertiary/aromatic N) is 1. The molecule has 0 atom stereocenters. The molecule has 0 aliphatic carbocycles. The van der Waals surface area contributed by atoms with E-state index in [1.165, 1.54) is 17.4 Å². The Morgan fingerprint density at radius 3 is 3.00 bits per heavy atom. The standard InChI is InChI=1S/C7H7NO3S/c9-4-7(8(10)11)3-6-1-2-12-5-6/h1-3,5,9H,4H2/b7-3+. The van der Waals surface area contributed by atoms with Crippen LogP contribution in [-0.2, 0) is 0 Å². The Bertz CT molecular complexity index is 292. The number of hydrogen-bond acceptors (Lipinski definition) is 4. The summed E-state index contributed by atoms with van der Waals surface area (Å²) in [5, 5.41) is 22.4. The molecular weight excluding hydrogens is 178 g/mol. The minimum atomic E-state index is -0.586. The van der Waals surface area contributed by atoms with Crippen molar-refractivity contribution in [3.05, 3.63) is 38.2 Å². The molecule has 1 N–H and O–H groups in total. The number of aliphatic hydroxyl groups excluding tert-OH is 1. The molecule has 0 aliphatic heterocycles. The molecule has 12 heavy (non-hydrogen) atoms. The molecule has 0 amide bonds. The zero-order chi connectivity index (χ0) is 8.97. The van der Waals surface area contributed by atoms with Gasteiger partial charge >= 0.3 is 0 Å². The average molecular weight is 185 g/mol. The van der Waals surface area contributed by atoms with Crippen molar-refractivity contribution in [3.63, 3.8) is 0 Å². The predicted octanol–water partition coefficient (Wildman–Crippen LogP) is 1.36. The van der Waals surface area contributed by atoms with E-state index in [0.29, 0.717) is 0 Å². The van der Waals surface area contributed by atoms with Gasteiger partial charge in [0.15, 0.2) is 0 Å². The van der Waals surface area contributed by atoms with Crippen LogP contribution in [0.2, 0.25) is 0 Å². The minimum Gasteiger partial charge on any atom is -0.385 e.